The summed E-state index contributed by atoms with van der Waals surface area (Å²) in [6, 6.07) is 8.01. The van der Waals surface area contributed by atoms with Crippen LogP contribution in [0.1, 0.15) is 24.0 Å². The predicted molar refractivity (Wildman–Crippen MR) is 81.5 cm³/mol. The van der Waals surface area contributed by atoms with Crippen molar-refractivity contribution in [2.45, 2.75) is 26.3 Å². The summed E-state index contributed by atoms with van der Waals surface area (Å²) in [7, 11) is 0. The van der Waals surface area contributed by atoms with Crippen molar-refractivity contribution in [1.29, 1.82) is 0 Å². The second kappa shape index (κ2) is 3.89. The van der Waals surface area contributed by atoms with Crippen LogP contribution in [0.4, 0.5) is 0 Å². The quantitative estimate of drug-likeness (QED) is 0.621. The summed E-state index contributed by atoms with van der Waals surface area (Å²) in [5.41, 5.74) is 2.50. The molecule has 2 amide bonds. The maximum Gasteiger partial charge on any atom is 0.234 e. The number of imide groups is 1. The Balaban J connectivity index is 1.48. The van der Waals surface area contributed by atoms with Gasteiger partial charge in [0.25, 0.3) is 0 Å². The van der Waals surface area contributed by atoms with E-state index in [0.717, 1.165) is 11.1 Å². The van der Waals surface area contributed by atoms with E-state index in [-0.39, 0.29) is 29.1 Å². The minimum Gasteiger partial charge on any atom is -0.278 e. The van der Waals surface area contributed by atoms with Crippen molar-refractivity contribution in [3.8, 4) is 0 Å². The van der Waals surface area contributed by atoms with Gasteiger partial charge in [-0.1, -0.05) is 36.4 Å². The van der Waals surface area contributed by atoms with Crippen molar-refractivity contribution in [3.63, 3.8) is 0 Å². The summed E-state index contributed by atoms with van der Waals surface area (Å²) >= 11 is 0. The fourth-order valence-electron chi connectivity index (χ4n) is 5.25. The van der Waals surface area contributed by atoms with Crippen molar-refractivity contribution >= 4 is 11.8 Å². The molecule has 3 aliphatic carbocycles. The normalized spacial score (nSPS) is 36.5. The van der Waals surface area contributed by atoms with Gasteiger partial charge >= 0.3 is 0 Å². The number of rotatable bonds is 2. The molecular formula is C19H19NO2. The molecule has 1 spiro atoms. The zero-order valence-corrected chi connectivity index (χ0v) is 12.7. The highest BCUT2D eigenvalue weighted by molar-refractivity contribution is 6.06. The van der Waals surface area contributed by atoms with Gasteiger partial charge in [-0.15, -0.1) is 0 Å². The van der Waals surface area contributed by atoms with Crippen molar-refractivity contribution in [1.82, 2.24) is 4.90 Å². The summed E-state index contributed by atoms with van der Waals surface area (Å²) < 4.78 is 0. The third-order valence-corrected chi connectivity index (χ3v) is 6.53. The van der Waals surface area contributed by atoms with Crippen molar-refractivity contribution in [2.24, 2.45) is 29.1 Å². The molecule has 3 heteroatoms. The molecule has 1 aromatic carbocycles. The van der Waals surface area contributed by atoms with Gasteiger partial charge < -0.3 is 0 Å². The van der Waals surface area contributed by atoms with Gasteiger partial charge in [-0.3, -0.25) is 14.5 Å². The number of hydrogen-bond donors (Lipinski definition) is 0. The van der Waals surface area contributed by atoms with Crippen LogP contribution < -0.4 is 0 Å². The molecule has 0 radical (unpaired) electrons. The van der Waals surface area contributed by atoms with E-state index in [9.17, 15) is 9.59 Å². The van der Waals surface area contributed by atoms with Crippen LogP contribution in [0.5, 0.6) is 0 Å². The maximum atomic E-state index is 12.9. The number of nitrogens with zero attached hydrogens (tertiary/aromatic N) is 1. The number of allylic oxidation sites excluding steroid dienone is 2. The van der Waals surface area contributed by atoms with E-state index in [0.29, 0.717) is 18.4 Å². The fourth-order valence-corrected chi connectivity index (χ4v) is 5.25. The lowest BCUT2D eigenvalue weighted by atomic mass is 9.85. The summed E-state index contributed by atoms with van der Waals surface area (Å²) in [6.07, 6.45) is 6.84. The molecule has 4 aliphatic rings. The Kier molecular flexibility index (Phi) is 2.23. The molecule has 0 N–H and O–H groups in total. The molecule has 4 atom stereocenters. The molecule has 2 saturated carbocycles. The zero-order valence-electron chi connectivity index (χ0n) is 12.7. The van der Waals surface area contributed by atoms with E-state index in [1.165, 1.54) is 17.7 Å². The largest absolute Gasteiger partial charge is 0.278 e. The second-order valence-corrected chi connectivity index (χ2v) is 7.41. The van der Waals surface area contributed by atoms with Gasteiger partial charge in [0.1, 0.15) is 0 Å². The van der Waals surface area contributed by atoms with Gasteiger partial charge in [0.2, 0.25) is 11.8 Å². The van der Waals surface area contributed by atoms with Gasteiger partial charge in [0, 0.05) is 0 Å². The lowest BCUT2D eigenvalue weighted by Crippen LogP contribution is -2.34. The molecule has 112 valence electrons. The standard InChI is InChI=1S/C19H19NO2/c1-11-4-2-3-5-12(11)10-20-17(21)15-13-6-7-14(16(15)18(20)22)19(13)8-9-19/h2-7,13-16H,8-10H2,1H3/t13-,14-,15-,16+/m1/s1. The van der Waals surface area contributed by atoms with E-state index < -0.39 is 0 Å². The number of carbonyl (C=O) groups excluding carboxylic acids is 2. The number of carbonyl (C=O) groups is 2. The van der Waals surface area contributed by atoms with Crippen molar-refractivity contribution < 1.29 is 9.59 Å². The number of amides is 2. The second-order valence-electron chi connectivity index (χ2n) is 7.41. The number of aryl methyl sites for hydroxylation is 1. The highest BCUT2D eigenvalue weighted by Gasteiger charge is 2.73. The van der Waals surface area contributed by atoms with Crippen LogP contribution in [0.2, 0.25) is 0 Å². The van der Waals surface area contributed by atoms with E-state index in [2.05, 4.69) is 12.2 Å². The first-order valence-corrected chi connectivity index (χ1v) is 8.21. The zero-order chi connectivity index (χ0) is 15.1. The van der Waals surface area contributed by atoms with Crippen LogP contribution in [0.15, 0.2) is 36.4 Å². The minimum atomic E-state index is -0.0750. The van der Waals surface area contributed by atoms with Gasteiger partial charge in [-0.25, -0.2) is 0 Å². The molecule has 1 saturated heterocycles. The van der Waals surface area contributed by atoms with Gasteiger partial charge in [0.05, 0.1) is 18.4 Å². The minimum absolute atomic E-state index is 0.0707. The van der Waals surface area contributed by atoms with Gasteiger partial charge in [-0.05, 0) is 48.1 Å². The van der Waals surface area contributed by atoms with Crippen LogP contribution in [-0.4, -0.2) is 16.7 Å². The highest BCUT2D eigenvalue weighted by Crippen LogP contribution is 2.73. The van der Waals surface area contributed by atoms with Gasteiger partial charge in [0.15, 0.2) is 0 Å². The molecule has 0 aromatic heterocycles. The Bertz CT molecular complexity index is 697. The Morgan fingerprint density at radius 3 is 2.18 bits per heavy atom. The Hall–Kier alpha value is -1.90. The molecule has 3 fully saturated rings. The van der Waals surface area contributed by atoms with Crippen LogP contribution in [0, 0.1) is 36.0 Å². The van der Waals surface area contributed by atoms with Crippen LogP contribution in [-0.2, 0) is 16.1 Å². The Labute approximate surface area is 130 Å². The molecule has 22 heavy (non-hydrogen) atoms. The molecule has 1 aliphatic heterocycles. The topological polar surface area (TPSA) is 37.4 Å². The lowest BCUT2D eigenvalue weighted by molar-refractivity contribution is -0.141. The first-order valence-electron chi connectivity index (χ1n) is 8.21. The molecule has 3 nitrogen and oxygen atoms in total. The summed E-state index contributed by atoms with van der Waals surface area (Å²) in [4.78, 5) is 27.3. The van der Waals surface area contributed by atoms with E-state index in [1.807, 2.05) is 31.2 Å². The Morgan fingerprint density at radius 2 is 1.64 bits per heavy atom. The number of benzene rings is 1. The van der Waals surface area contributed by atoms with Crippen molar-refractivity contribution in [3.05, 3.63) is 47.5 Å². The molecule has 2 bridgehead atoms. The molecule has 1 aromatic rings. The van der Waals surface area contributed by atoms with Gasteiger partial charge in [-0.2, -0.15) is 0 Å². The summed E-state index contributed by atoms with van der Waals surface area (Å²) in [6.45, 7) is 2.47. The summed E-state index contributed by atoms with van der Waals surface area (Å²) in [5.74, 6) is 0.632. The molecular weight excluding hydrogens is 274 g/mol. The first kappa shape index (κ1) is 12.6. The fraction of sp³-hybridized carbons (Fsp3) is 0.474. The number of hydrogen-bond acceptors (Lipinski definition) is 2. The van der Waals surface area contributed by atoms with Crippen LogP contribution >= 0.6 is 0 Å². The first-order chi connectivity index (χ1) is 10.6. The lowest BCUT2D eigenvalue weighted by Gasteiger charge is -2.22. The third kappa shape index (κ3) is 1.33. The SMILES string of the molecule is Cc1ccccc1CN1C(=O)[C@@H]2[C@H](C1=O)[C@H]1C=C[C@H]2C12CC2. The third-order valence-electron chi connectivity index (χ3n) is 6.53. The van der Waals surface area contributed by atoms with E-state index >= 15 is 0 Å². The van der Waals surface area contributed by atoms with Crippen LogP contribution in [0.25, 0.3) is 0 Å². The average Bonchev–Trinajstić information content (AvgIpc) is 3.12. The summed E-state index contributed by atoms with van der Waals surface area (Å²) in [5, 5.41) is 0. The average molecular weight is 293 g/mol. The molecule has 0 unspecified atom stereocenters. The Morgan fingerprint density at radius 1 is 1.05 bits per heavy atom. The maximum absolute atomic E-state index is 12.9. The number of likely N-dealkylation sites (tertiary alicyclic amines) is 1. The van der Waals surface area contributed by atoms with Crippen molar-refractivity contribution in [2.75, 3.05) is 0 Å². The monoisotopic (exact) mass is 293 g/mol. The van der Waals surface area contributed by atoms with E-state index in [1.54, 1.807) is 0 Å². The number of fused-ring (bicyclic) bond motifs is 3. The van der Waals surface area contributed by atoms with Crippen LogP contribution in [0.3, 0.4) is 0 Å². The molecule has 1 heterocycles. The smallest absolute Gasteiger partial charge is 0.234 e. The predicted octanol–water partition coefficient (Wildman–Crippen LogP) is 2.69. The molecule has 5 rings (SSSR count). The van der Waals surface area contributed by atoms with E-state index in [4.69, 9.17) is 0 Å². The highest BCUT2D eigenvalue weighted by atomic mass is 16.2.